The molecule has 1 heterocycles. The van der Waals surface area contributed by atoms with E-state index in [9.17, 15) is 18.0 Å². The Kier molecular flexibility index (Phi) is 5.46. The minimum absolute atomic E-state index is 0.0239. The fourth-order valence-electron chi connectivity index (χ4n) is 1.44. The van der Waals surface area contributed by atoms with E-state index in [0.29, 0.717) is 17.2 Å². The molecule has 0 aromatic heterocycles. The van der Waals surface area contributed by atoms with Crippen molar-refractivity contribution in [3.63, 3.8) is 0 Å². The van der Waals surface area contributed by atoms with Crippen LogP contribution in [-0.2, 0) is 4.79 Å². The third kappa shape index (κ3) is 5.83. The normalized spacial score (nSPS) is 16.3. The molecule has 6 heteroatoms. The zero-order chi connectivity index (χ0) is 15.4. The summed E-state index contributed by atoms with van der Waals surface area (Å²) in [5, 5.41) is 0.655. The molecule has 1 rings (SSSR count). The zero-order valence-electron chi connectivity index (χ0n) is 11.7. The summed E-state index contributed by atoms with van der Waals surface area (Å²) >= 11 is 1.41. The molecule has 0 bridgehead atoms. The van der Waals surface area contributed by atoms with Gasteiger partial charge in [-0.2, -0.15) is 13.2 Å². The van der Waals surface area contributed by atoms with Gasteiger partial charge in [0.2, 0.25) is 0 Å². The maximum atomic E-state index is 12.4. The van der Waals surface area contributed by atoms with Crippen molar-refractivity contribution in [2.45, 2.75) is 39.8 Å². The Morgan fingerprint density at radius 3 is 2.50 bits per heavy atom. The third-order valence-corrected chi connectivity index (χ3v) is 4.14. The van der Waals surface area contributed by atoms with E-state index in [0.717, 1.165) is 0 Å². The summed E-state index contributed by atoms with van der Waals surface area (Å²) in [6.45, 7) is 5.40. The molecule has 0 saturated heterocycles. The van der Waals surface area contributed by atoms with Gasteiger partial charge < -0.3 is 0 Å². The van der Waals surface area contributed by atoms with Crippen molar-refractivity contribution in [1.29, 1.82) is 0 Å². The summed E-state index contributed by atoms with van der Waals surface area (Å²) in [5.41, 5.74) is -0.912. The average molecular weight is 304 g/mol. The van der Waals surface area contributed by atoms with Gasteiger partial charge in [0.25, 0.3) is 0 Å². The van der Waals surface area contributed by atoms with E-state index in [4.69, 9.17) is 0 Å². The minimum atomic E-state index is -4.33. The second kappa shape index (κ2) is 6.49. The first-order valence-electron chi connectivity index (χ1n) is 6.18. The topological polar surface area (TPSA) is 31.2 Å². The smallest absolute Gasteiger partial charge is 0.295 e. The molecule has 0 atom stereocenters. The van der Waals surface area contributed by atoms with Gasteiger partial charge in [0.15, 0.2) is 11.4 Å². The Morgan fingerprint density at radius 2 is 2.05 bits per heavy atom. The number of ketones is 1. The molecular weight excluding hydrogens is 287 g/mol. The molecule has 0 radical (unpaired) electrons. The van der Waals surface area contributed by atoms with Crippen LogP contribution in [0.15, 0.2) is 17.7 Å². The monoisotopic (exact) mass is 304 g/mol. The molecule has 1 aliphatic rings. The Bertz CT molecular complexity index is 519. The highest BCUT2D eigenvalue weighted by Gasteiger charge is 2.38. The van der Waals surface area contributed by atoms with Gasteiger partial charge in [-0.05, 0) is 34.8 Å². The first kappa shape index (κ1) is 16.8. The lowest BCUT2D eigenvalue weighted by Crippen LogP contribution is -2.19. The van der Waals surface area contributed by atoms with Crippen LogP contribution in [-0.4, -0.2) is 28.6 Å². The molecule has 0 aromatic carbocycles. The Labute approximate surface area is 120 Å². The predicted octanol–water partition coefficient (Wildman–Crippen LogP) is 3.31. The molecule has 0 spiro atoms. The van der Waals surface area contributed by atoms with E-state index in [-0.39, 0.29) is 17.6 Å². The van der Waals surface area contributed by atoms with E-state index in [1.807, 2.05) is 19.9 Å². The highest BCUT2D eigenvalue weighted by atomic mass is 32.2. The average Bonchev–Trinajstić information content (AvgIpc) is 2.34. The third-order valence-electron chi connectivity index (χ3n) is 2.63. The number of alkyl halides is 3. The number of carbonyl (C=O) groups is 1. The van der Waals surface area contributed by atoms with Crippen LogP contribution in [0.1, 0.15) is 33.6 Å². The maximum absolute atomic E-state index is 12.4. The second-order valence-corrected chi connectivity index (χ2v) is 6.36. The van der Waals surface area contributed by atoms with Crippen molar-refractivity contribution >= 4 is 28.5 Å². The van der Waals surface area contributed by atoms with Crippen molar-refractivity contribution in [2.24, 2.45) is 5.41 Å². The maximum Gasteiger partial charge on any atom is 0.426 e. The van der Waals surface area contributed by atoms with Crippen LogP contribution < -0.4 is 4.67 Å². The second-order valence-electron chi connectivity index (χ2n) is 5.31. The quantitative estimate of drug-likeness (QED) is 0.589. The predicted molar refractivity (Wildman–Crippen MR) is 77.0 cm³/mol. The van der Waals surface area contributed by atoms with Gasteiger partial charge in [-0.1, -0.05) is 19.9 Å². The highest BCUT2D eigenvalue weighted by molar-refractivity contribution is 8.13. The van der Waals surface area contributed by atoms with Crippen LogP contribution in [0.4, 0.5) is 13.2 Å². The van der Waals surface area contributed by atoms with E-state index < -0.39 is 11.7 Å². The molecule has 1 aliphatic heterocycles. The van der Waals surface area contributed by atoms with Crippen LogP contribution in [0.2, 0.25) is 0 Å². The standard InChI is InChI=1S/C14H17F3NOS/c1-10(19)6-7-13(2,3)9-20-12-5-4-11(8-18-12)14(15,16)17/h6-7H,4-5,9H2,1-3H3/q+1/b7-6+. The summed E-state index contributed by atoms with van der Waals surface area (Å²) in [4.78, 5) is 10.9. The largest absolute Gasteiger partial charge is 0.426 e. The Hall–Kier alpha value is -1.22. The molecule has 0 amide bonds. The number of hydrogen-bond acceptors (Lipinski definition) is 2. The lowest BCUT2D eigenvalue weighted by molar-refractivity contribution is -0.112. The summed E-state index contributed by atoms with van der Waals surface area (Å²) < 4.78 is 41.0. The Morgan fingerprint density at radius 1 is 1.40 bits per heavy atom. The number of allylic oxidation sites excluding steroid dienone is 3. The van der Waals surface area contributed by atoms with Crippen molar-refractivity contribution < 1.29 is 18.0 Å². The SMILES string of the molecule is CC(=O)/C=C/C(C)(C)CSC1=[N+]=C=C(C(F)(F)F)CC1. The van der Waals surface area contributed by atoms with Crippen LogP contribution in [0.3, 0.4) is 0 Å². The summed E-state index contributed by atoms with van der Waals surface area (Å²) in [6.07, 6.45) is -0.787. The van der Waals surface area contributed by atoms with Gasteiger partial charge in [-0.25, -0.2) is 0 Å². The molecule has 0 aromatic rings. The van der Waals surface area contributed by atoms with Crippen molar-refractivity contribution in [2.75, 3.05) is 5.75 Å². The van der Waals surface area contributed by atoms with Crippen molar-refractivity contribution in [3.05, 3.63) is 17.7 Å². The lowest BCUT2D eigenvalue weighted by Gasteiger charge is -2.17. The first-order valence-corrected chi connectivity index (χ1v) is 7.17. The molecule has 110 valence electrons. The minimum Gasteiger partial charge on any atom is -0.295 e. The van der Waals surface area contributed by atoms with E-state index in [2.05, 4.69) is 10.5 Å². The van der Waals surface area contributed by atoms with Crippen molar-refractivity contribution in [3.8, 4) is 0 Å². The number of nitrogens with zero attached hydrogens (tertiary/aromatic N) is 1. The molecule has 2 nitrogen and oxygen atoms in total. The van der Waals surface area contributed by atoms with Gasteiger partial charge in [0.1, 0.15) is 0 Å². The molecule has 0 N–H and O–H groups in total. The fraction of sp³-hybridized carbons (Fsp3) is 0.571. The van der Waals surface area contributed by atoms with E-state index in [1.54, 1.807) is 0 Å². The molecule has 20 heavy (non-hydrogen) atoms. The van der Waals surface area contributed by atoms with Crippen LogP contribution in [0.25, 0.3) is 0 Å². The number of carbonyl (C=O) groups excluding carboxylic acids is 1. The fourth-order valence-corrected chi connectivity index (χ4v) is 2.43. The number of thioether (sulfide) groups is 1. The van der Waals surface area contributed by atoms with E-state index in [1.165, 1.54) is 24.8 Å². The number of hydrogen-bond donors (Lipinski definition) is 0. The van der Waals surface area contributed by atoms with E-state index >= 15 is 0 Å². The number of rotatable bonds is 4. The molecule has 0 aliphatic carbocycles. The molecule has 0 fully saturated rings. The van der Waals surface area contributed by atoms with Gasteiger partial charge in [0.05, 0.1) is 6.42 Å². The van der Waals surface area contributed by atoms with Crippen LogP contribution in [0, 0.1) is 5.41 Å². The van der Waals surface area contributed by atoms with Crippen molar-refractivity contribution in [1.82, 2.24) is 4.67 Å². The lowest BCUT2D eigenvalue weighted by atomic mass is 9.95. The molecule has 0 saturated carbocycles. The van der Waals surface area contributed by atoms with Crippen LogP contribution in [0.5, 0.6) is 0 Å². The summed E-state index contributed by atoms with van der Waals surface area (Å²) in [6, 6.07) is 0. The highest BCUT2D eigenvalue weighted by Crippen LogP contribution is 2.30. The summed E-state index contributed by atoms with van der Waals surface area (Å²) in [7, 11) is 0. The van der Waals surface area contributed by atoms with Gasteiger partial charge >= 0.3 is 17.1 Å². The molecular formula is C14H17F3NOS+. The Balaban J connectivity index is 2.70. The zero-order valence-corrected chi connectivity index (χ0v) is 12.5. The summed E-state index contributed by atoms with van der Waals surface area (Å²) in [5.74, 6) is 2.71. The first-order chi connectivity index (χ1) is 9.10. The van der Waals surface area contributed by atoms with Gasteiger partial charge in [-0.15, -0.1) is 0 Å². The van der Waals surface area contributed by atoms with Crippen LogP contribution >= 0.6 is 11.8 Å². The van der Waals surface area contributed by atoms with Gasteiger partial charge in [-0.3, -0.25) is 4.79 Å². The number of halogens is 3. The van der Waals surface area contributed by atoms with Gasteiger partial charge in [0, 0.05) is 12.2 Å². The molecule has 0 unspecified atom stereocenters.